The summed E-state index contributed by atoms with van der Waals surface area (Å²) in [7, 11) is 0. The fourth-order valence-electron chi connectivity index (χ4n) is 3.06. The fraction of sp³-hybridized carbons (Fsp3) is 0.471. The van der Waals surface area contributed by atoms with Gasteiger partial charge in [-0.3, -0.25) is 4.79 Å². The average Bonchev–Trinajstić information content (AvgIpc) is 3.08. The largest absolute Gasteiger partial charge is 0.358 e. The molecule has 2 aromatic rings. The summed E-state index contributed by atoms with van der Waals surface area (Å²) < 4.78 is 0. The number of carbonyl (C=O) groups excluding carboxylic acids is 1. The minimum Gasteiger partial charge on any atom is -0.358 e. The van der Waals surface area contributed by atoms with Gasteiger partial charge >= 0.3 is 0 Å². The third kappa shape index (κ3) is 2.95. The van der Waals surface area contributed by atoms with Crippen LogP contribution in [0.2, 0.25) is 0 Å². The minimum absolute atomic E-state index is 0.0288. The van der Waals surface area contributed by atoms with E-state index in [0.717, 1.165) is 48.2 Å². The van der Waals surface area contributed by atoms with E-state index in [0.29, 0.717) is 5.92 Å². The van der Waals surface area contributed by atoms with Crippen LogP contribution in [0.4, 0.5) is 0 Å². The van der Waals surface area contributed by atoms with Crippen molar-refractivity contribution in [2.45, 2.75) is 26.7 Å². The zero-order valence-corrected chi connectivity index (χ0v) is 12.8. The maximum Gasteiger partial charge on any atom is 0.251 e. The maximum absolute atomic E-state index is 12.2. The molecule has 1 saturated heterocycles. The first-order chi connectivity index (χ1) is 10.1. The molecule has 0 aliphatic carbocycles. The van der Waals surface area contributed by atoms with Gasteiger partial charge in [-0.25, -0.2) is 0 Å². The van der Waals surface area contributed by atoms with E-state index in [2.05, 4.69) is 29.5 Å². The van der Waals surface area contributed by atoms with E-state index < -0.39 is 0 Å². The van der Waals surface area contributed by atoms with Gasteiger partial charge in [-0.2, -0.15) is 0 Å². The molecule has 1 aromatic carbocycles. The lowest BCUT2D eigenvalue weighted by Gasteiger charge is -2.09. The Hall–Kier alpha value is -1.81. The van der Waals surface area contributed by atoms with E-state index >= 15 is 0 Å². The van der Waals surface area contributed by atoms with Crippen molar-refractivity contribution in [2.24, 2.45) is 5.92 Å². The number of hydrogen-bond donors (Lipinski definition) is 3. The number of rotatable bonds is 4. The first kappa shape index (κ1) is 14.1. The van der Waals surface area contributed by atoms with Gasteiger partial charge < -0.3 is 15.6 Å². The van der Waals surface area contributed by atoms with Crippen LogP contribution in [0.5, 0.6) is 0 Å². The number of amides is 1. The van der Waals surface area contributed by atoms with Crippen LogP contribution in [-0.2, 0) is 0 Å². The van der Waals surface area contributed by atoms with Crippen molar-refractivity contribution in [2.75, 3.05) is 19.6 Å². The highest BCUT2D eigenvalue weighted by Gasteiger charge is 2.15. The molecule has 1 aliphatic rings. The van der Waals surface area contributed by atoms with Crippen LogP contribution in [0.15, 0.2) is 18.2 Å². The van der Waals surface area contributed by atoms with Crippen LogP contribution in [0.25, 0.3) is 10.9 Å². The quantitative estimate of drug-likeness (QED) is 0.808. The monoisotopic (exact) mass is 285 g/mol. The number of carbonyl (C=O) groups is 1. The second-order valence-electron chi connectivity index (χ2n) is 6.04. The van der Waals surface area contributed by atoms with Crippen molar-refractivity contribution in [3.05, 3.63) is 35.0 Å². The number of aromatic amines is 1. The summed E-state index contributed by atoms with van der Waals surface area (Å²) in [6.45, 7) is 7.10. The molecule has 0 bridgehead atoms. The first-order valence-electron chi connectivity index (χ1n) is 7.73. The van der Waals surface area contributed by atoms with Crippen molar-refractivity contribution in [3.8, 4) is 0 Å². The van der Waals surface area contributed by atoms with Gasteiger partial charge in [-0.1, -0.05) is 0 Å². The van der Waals surface area contributed by atoms with Gasteiger partial charge in [-0.05, 0) is 69.5 Å². The SMILES string of the molecule is Cc1[nH]c2ccc(C(=O)NCCC3CCNC3)cc2c1C. The molecule has 1 amide bonds. The molecular formula is C17H23N3O. The van der Waals surface area contributed by atoms with Crippen molar-refractivity contribution < 1.29 is 4.79 Å². The van der Waals surface area contributed by atoms with Gasteiger partial charge in [0.1, 0.15) is 0 Å². The number of benzene rings is 1. The molecule has 1 unspecified atom stereocenters. The summed E-state index contributed by atoms with van der Waals surface area (Å²) in [5, 5.41) is 7.53. The predicted molar refractivity (Wildman–Crippen MR) is 85.7 cm³/mol. The van der Waals surface area contributed by atoms with E-state index in [4.69, 9.17) is 0 Å². The Morgan fingerprint density at radius 2 is 2.24 bits per heavy atom. The van der Waals surface area contributed by atoms with Crippen molar-refractivity contribution in [3.63, 3.8) is 0 Å². The Balaban J connectivity index is 1.65. The number of H-pyrrole nitrogens is 1. The van der Waals surface area contributed by atoms with Crippen LogP contribution in [-0.4, -0.2) is 30.5 Å². The van der Waals surface area contributed by atoms with E-state index in [1.165, 1.54) is 12.0 Å². The fourth-order valence-corrected chi connectivity index (χ4v) is 3.06. The van der Waals surface area contributed by atoms with Gasteiger partial charge in [0.15, 0.2) is 0 Å². The van der Waals surface area contributed by atoms with Crippen LogP contribution < -0.4 is 10.6 Å². The molecular weight excluding hydrogens is 262 g/mol. The summed E-state index contributed by atoms with van der Waals surface area (Å²) >= 11 is 0. The molecule has 3 rings (SSSR count). The maximum atomic E-state index is 12.2. The minimum atomic E-state index is 0.0288. The molecule has 1 atom stereocenters. The van der Waals surface area contributed by atoms with Gasteiger partial charge in [-0.15, -0.1) is 0 Å². The smallest absolute Gasteiger partial charge is 0.251 e. The van der Waals surface area contributed by atoms with E-state index in [-0.39, 0.29) is 5.91 Å². The second-order valence-corrected chi connectivity index (χ2v) is 6.04. The highest BCUT2D eigenvalue weighted by atomic mass is 16.1. The molecule has 0 saturated carbocycles. The summed E-state index contributed by atoms with van der Waals surface area (Å²) in [6.07, 6.45) is 2.28. The summed E-state index contributed by atoms with van der Waals surface area (Å²) in [6, 6.07) is 5.87. The number of hydrogen-bond acceptors (Lipinski definition) is 2. The molecule has 0 radical (unpaired) electrons. The zero-order valence-electron chi connectivity index (χ0n) is 12.8. The Kier molecular flexibility index (Phi) is 3.97. The molecule has 0 spiro atoms. The number of aromatic nitrogens is 1. The molecule has 1 aromatic heterocycles. The summed E-state index contributed by atoms with van der Waals surface area (Å²) in [5.41, 5.74) is 4.22. The van der Waals surface area contributed by atoms with Crippen LogP contribution in [0.3, 0.4) is 0 Å². The summed E-state index contributed by atoms with van der Waals surface area (Å²) in [5.74, 6) is 0.739. The van der Waals surface area contributed by atoms with Crippen LogP contribution in [0.1, 0.15) is 34.5 Å². The van der Waals surface area contributed by atoms with Gasteiger partial charge in [0.25, 0.3) is 5.91 Å². The van der Waals surface area contributed by atoms with Crippen LogP contribution >= 0.6 is 0 Å². The van der Waals surface area contributed by atoms with Crippen molar-refractivity contribution in [1.29, 1.82) is 0 Å². The Morgan fingerprint density at radius 3 is 3.00 bits per heavy atom. The van der Waals surface area contributed by atoms with Gasteiger partial charge in [0.05, 0.1) is 0 Å². The first-order valence-corrected chi connectivity index (χ1v) is 7.73. The zero-order chi connectivity index (χ0) is 14.8. The number of fused-ring (bicyclic) bond motifs is 1. The topological polar surface area (TPSA) is 56.9 Å². The molecule has 112 valence electrons. The third-order valence-corrected chi connectivity index (χ3v) is 4.57. The van der Waals surface area contributed by atoms with Crippen molar-refractivity contribution >= 4 is 16.8 Å². The van der Waals surface area contributed by atoms with Crippen molar-refractivity contribution in [1.82, 2.24) is 15.6 Å². The summed E-state index contributed by atoms with van der Waals surface area (Å²) in [4.78, 5) is 15.6. The Morgan fingerprint density at radius 1 is 1.38 bits per heavy atom. The van der Waals surface area contributed by atoms with E-state index in [1.807, 2.05) is 18.2 Å². The Labute approximate surface area is 125 Å². The lowest BCUT2D eigenvalue weighted by atomic mass is 10.0. The molecule has 4 nitrogen and oxygen atoms in total. The normalized spacial score (nSPS) is 18.3. The van der Waals surface area contributed by atoms with E-state index in [9.17, 15) is 4.79 Å². The predicted octanol–water partition coefficient (Wildman–Crippen LogP) is 2.51. The standard InChI is InChI=1S/C17H23N3O/c1-11-12(2)20-16-4-3-14(9-15(11)16)17(21)19-8-6-13-5-7-18-10-13/h3-4,9,13,18,20H,5-8,10H2,1-2H3,(H,19,21). The number of aryl methyl sites for hydroxylation is 2. The van der Waals surface area contributed by atoms with E-state index in [1.54, 1.807) is 0 Å². The highest BCUT2D eigenvalue weighted by Crippen LogP contribution is 2.22. The molecule has 2 heterocycles. The number of nitrogens with one attached hydrogen (secondary N) is 3. The van der Waals surface area contributed by atoms with Crippen LogP contribution in [0, 0.1) is 19.8 Å². The Bertz CT molecular complexity index is 653. The molecule has 1 aliphatic heterocycles. The molecule has 1 fully saturated rings. The lowest BCUT2D eigenvalue weighted by molar-refractivity contribution is 0.0952. The molecule has 4 heteroatoms. The molecule has 21 heavy (non-hydrogen) atoms. The lowest BCUT2D eigenvalue weighted by Crippen LogP contribution is -2.26. The third-order valence-electron chi connectivity index (χ3n) is 4.57. The molecule has 3 N–H and O–H groups in total. The van der Waals surface area contributed by atoms with Gasteiger partial charge in [0.2, 0.25) is 0 Å². The van der Waals surface area contributed by atoms with Gasteiger partial charge in [0, 0.05) is 28.7 Å². The second kappa shape index (κ2) is 5.90. The highest BCUT2D eigenvalue weighted by molar-refractivity contribution is 5.99. The average molecular weight is 285 g/mol.